The Balaban J connectivity index is 1.78. The highest BCUT2D eigenvalue weighted by atomic mass is 35.5. The van der Waals surface area contributed by atoms with Crippen LogP contribution in [-0.4, -0.2) is 23.6 Å². The summed E-state index contributed by atoms with van der Waals surface area (Å²) in [6.07, 6.45) is 1.95. The van der Waals surface area contributed by atoms with Crippen molar-refractivity contribution in [2.45, 2.75) is 43.8 Å². The molecule has 194 valence electrons. The molecule has 1 aliphatic rings. The molecule has 37 heavy (non-hydrogen) atoms. The first-order valence-corrected chi connectivity index (χ1v) is 14.1. The number of unbranched alkanes of at least 4 members (excludes halogenated alkanes) is 1. The van der Waals surface area contributed by atoms with E-state index in [1.807, 2.05) is 44.2 Å². The number of benzene rings is 3. The van der Waals surface area contributed by atoms with Crippen LogP contribution >= 0.6 is 58.2 Å². The van der Waals surface area contributed by atoms with E-state index in [0.29, 0.717) is 39.6 Å². The fraction of sp³-hybridized carbons (Fsp3) is 0.259. The Hall–Kier alpha value is -2.09. The zero-order valence-electron chi connectivity index (χ0n) is 20.4. The Morgan fingerprint density at radius 1 is 0.973 bits per heavy atom. The standard InChI is InChI=1S/C27H25Cl4N3O2S/c1-4-5-10-36-22-9-7-16(3)12-23(22)37-25-26(32-21-11-15(2)6-8-18(21)29)33-34(27(25)35)24-19(30)13-17(28)14-20(24)31/h6-9,11-14,25H,4-5,10H2,1-3H3,(H,32,33). The fourth-order valence-corrected chi connectivity index (χ4v) is 6.00. The van der Waals surface area contributed by atoms with Gasteiger partial charge >= 0.3 is 0 Å². The van der Waals surface area contributed by atoms with Crippen LogP contribution in [0.5, 0.6) is 5.75 Å². The van der Waals surface area contributed by atoms with E-state index in [4.69, 9.17) is 56.1 Å². The molecular formula is C27H25Cl4N3O2S. The number of hydrazine groups is 1. The lowest BCUT2D eigenvalue weighted by molar-refractivity contribution is -0.116. The van der Waals surface area contributed by atoms with Crippen LogP contribution in [-0.2, 0) is 4.79 Å². The van der Waals surface area contributed by atoms with Crippen molar-refractivity contribution in [1.29, 1.82) is 0 Å². The predicted molar refractivity (Wildman–Crippen MR) is 157 cm³/mol. The summed E-state index contributed by atoms with van der Waals surface area (Å²) in [4.78, 5) is 19.4. The molecule has 1 N–H and O–H groups in total. The maximum atomic E-state index is 13.8. The molecule has 0 radical (unpaired) electrons. The smallest absolute Gasteiger partial charge is 0.267 e. The summed E-state index contributed by atoms with van der Waals surface area (Å²) in [6, 6.07) is 14.5. The van der Waals surface area contributed by atoms with Crippen LogP contribution in [0.1, 0.15) is 30.9 Å². The minimum Gasteiger partial charge on any atom is -0.492 e. The van der Waals surface area contributed by atoms with Crippen molar-refractivity contribution in [2.24, 2.45) is 4.99 Å². The molecule has 10 heteroatoms. The van der Waals surface area contributed by atoms with E-state index in [1.165, 1.54) is 28.9 Å². The average molecular weight is 597 g/mol. The van der Waals surface area contributed by atoms with Crippen LogP contribution in [0, 0.1) is 13.8 Å². The Bertz CT molecular complexity index is 1340. The highest BCUT2D eigenvalue weighted by molar-refractivity contribution is 8.01. The molecule has 0 bridgehead atoms. The molecule has 1 atom stereocenters. The Morgan fingerprint density at radius 3 is 2.35 bits per heavy atom. The molecule has 4 rings (SSSR count). The maximum Gasteiger partial charge on any atom is 0.267 e. The third-order valence-electron chi connectivity index (χ3n) is 5.57. The number of carbonyl (C=O) groups is 1. The summed E-state index contributed by atoms with van der Waals surface area (Å²) < 4.78 is 6.05. The molecule has 0 spiro atoms. The molecule has 3 aromatic carbocycles. The zero-order chi connectivity index (χ0) is 26.7. The molecule has 0 aliphatic carbocycles. The second kappa shape index (κ2) is 12.2. The summed E-state index contributed by atoms with van der Waals surface area (Å²) in [7, 11) is 0. The van der Waals surface area contributed by atoms with Gasteiger partial charge in [0.25, 0.3) is 5.91 Å². The number of aliphatic imine (C=N–C) groups is 1. The summed E-state index contributed by atoms with van der Waals surface area (Å²) in [5.74, 6) is 0.816. The largest absolute Gasteiger partial charge is 0.492 e. The van der Waals surface area contributed by atoms with Crippen LogP contribution in [0.3, 0.4) is 0 Å². The van der Waals surface area contributed by atoms with Gasteiger partial charge in [0, 0.05) is 5.02 Å². The first kappa shape index (κ1) is 27.9. The Kier molecular flexibility index (Phi) is 9.20. The highest BCUT2D eigenvalue weighted by Gasteiger charge is 2.41. The first-order valence-electron chi connectivity index (χ1n) is 11.7. The van der Waals surface area contributed by atoms with Crippen molar-refractivity contribution in [3.05, 3.63) is 79.7 Å². The van der Waals surface area contributed by atoms with Gasteiger partial charge in [-0.15, -0.1) is 11.8 Å². The van der Waals surface area contributed by atoms with E-state index in [0.717, 1.165) is 28.9 Å². The van der Waals surface area contributed by atoms with Gasteiger partial charge in [0.1, 0.15) is 22.5 Å². The molecule has 0 saturated carbocycles. The number of thioether (sulfide) groups is 1. The molecule has 1 amide bonds. The topological polar surface area (TPSA) is 53.9 Å². The number of hydrogen-bond donors (Lipinski definition) is 1. The lowest BCUT2D eigenvalue weighted by Crippen LogP contribution is -2.36. The van der Waals surface area contributed by atoms with E-state index in [2.05, 4.69) is 12.3 Å². The van der Waals surface area contributed by atoms with Crippen LogP contribution < -0.4 is 15.2 Å². The van der Waals surface area contributed by atoms with Crippen LogP contribution in [0.4, 0.5) is 11.4 Å². The number of aryl methyl sites for hydroxylation is 2. The number of nitrogens with one attached hydrogen (secondary N) is 1. The summed E-state index contributed by atoms with van der Waals surface area (Å²) in [6.45, 7) is 6.64. The SMILES string of the molecule is CCCCOc1ccc(C)cc1SC1C(=O)N(c2c(Cl)cc(Cl)cc2Cl)NC1=Nc1cc(C)ccc1Cl. The van der Waals surface area contributed by atoms with Crippen molar-refractivity contribution in [1.82, 2.24) is 5.43 Å². The lowest BCUT2D eigenvalue weighted by atomic mass is 10.2. The number of ether oxygens (including phenoxy) is 1. The second-order valence-electron chi connectivity index (χ2n) is 8.61. The van der Waals surface area contributed by atoms with Gasteiger partial charge < -0.3 is 4.74 Å². The summed E-state index contributed by atoms with van der Waals surface area (Å²) in [5.41, 5.74) is 5.99. The second-order valence-corrected chi connectivity index (χ2v) is 11.4. The van der Waals surface area contributed by atoms with Crippen molar-refractivity contribution < 1.29 is 9.53 Å². The molecule has 1 heterocycles. The number of halogens is 4. The van der Waals surface area contributed by atoms with E-state index in [1.54, 1.807) is 6.07 Å². The summed E-state index contributed by atoms with van der Waals surface area (Å²) in [5, 5.41) is 1.87. The fourth-order valence-electron chi connectivity index (χ4n) is 3.68. The van der Waals surface area contributed by atoms with Gasteiger partial charge in [-0.25, -0.2) is 10.0 Å². The monoisotopic (exact) mass is 595 g/mol. The molecule has 0 aromatic heterocycles. The number of carbonyl (C=O) groups excluding carboxylic acids is 1. The van der Waals surface area contributed by atoms with Gasteiger partial charge in [0.15, 0.2) is 0 Å². The average Bonchev–Trinajstić information content (AvgIpc) is 3.12. The highest BCUT2D eigenvalue weighted by Crippen LogP contribution is 2.41. The van der Waals surface area contributed by atoms with Crippen molar-refractivity contribution in [3.8, 4) is 5.75 Å². The van der Waals surface area contributed by atoms with E-state index < -0.39 is 5.25 Å². The quantitative estimate of drug-likeness (QED) is 0.264. The third-order valence-corrected chi connectivity index (χ3v) is 7.91. The molecule has 1 unspecified atom stereocenters. The molecular weight excluding hydrogens is 572 g/mol. The van der Waals surface area contributed by atoms with Gasteiger partial charge in [0.2, 0.25) is 0 Å². The summed E-state index contributed by atoms with van der Waals surface area (Å²) >= 11 is 26.8. The molecule has 5 nitrogen and oxygen atoms in total. The van der Waals surface area contributed by atoms with Crippen LogP contribution in [0.15, 0.2) is 58.4 Å². The first-order chi connectivity index (χ1) is 17.7. The van der Waals surface area contributed by atoms with Crippen molar-refractivity contribution in [3.63, 3.8) is 0 Å². The van der Waals surface area contributed by atoms with Gasteiger partial charge in [-0.2, -0.15) is 0 Å². The Labute approximate surface area is 241 Å². The molecule has 1 saturated heterocycles. The minimum atomic E-state index is -0.741. The number of amides is 1. The number of hydrogen-bond acceptors (Lipinski definition) is 4. The van der Waals surface area contributed by atoms with Crippen molar-refractivity contribution >= 4 is 81.3 Å². The minimum absolute atomic E-state index is 0.232. The van der Waals surface area contributed by atoms with Gasteiger partial charge in [0.05, 0.1) is 32.3 Å². The van der Waals surface area contributed by atoms with Crippen molar-refractivity contribution in [2.75, 3.05) is 11.6 Å². The van der Waals surface area contributed by atoms with E-state index in [9.17, 15) is 4.79 Å². The van der Waals surface area contributed by atoms with E-state index >= 15 is 0 Å². The van der Waals surface area contributed by atoms with Crippen LogP contribution in [0.2, 0.25) is 20.1 Å². The normalized spacial score (nSPS) is 16.4. The molecule has 3 aromatic rings. The number of amidine groups is 1. The van der Waals surface area contributed by atoms with Gasteiger partial charge in [-0.3, -0.25) is 10.2 Å². The third kappa shape index (κ3) is 6.50. The number of anilines is 1. The van der Waals surface area contributed by atoms with E-state index in [-0.39, 0.29) is 16.0 Å². The van der Waals surface area contributed by atoms with Gasteiger partial charge in [-0.05, 0) is 67.8 Å². The van der Waals surface area contributed by atoms with Gasteiger partial charge in [-0.1, -0.05) is 71.9 Å². The number of rotatable bonds is 8. The number of nitrogens with zero attached hydrogens (tertiary/aromatic N) is 2. The van der Waals surface area contributed by atoms with Crippen LogP contribution in [0.25, 0.3) is 0 Å². The molecule has 1 aliphatic heterocycles. The maximum absolute atomic E-state index is 13.8. The Morgan fingerprint density at radius 2 is 1.65 bits per heavy atom. The zero-order valence-corrected chi connectivity index (χ0v) is 24.3. The predicted octanol–water partition coefficient (Wildman–Crippen LogP) is 8.84. The lowest BCUT2D eigenvalue weighted by Gasteiger charge is -2.19. The molecule has 1 fully saturated rings.